The highest BCUT2D eigenvalue weighted by Crippen LogP contribution is 2.26. The van der Waals surface area contributed by atoms with E-state index in [1.165, 1.54) is 0 Å². The number of nitrogens with one attached hydrogen (secondary N) is 1. The highest BCUT2D eigenvalue weighted by molar-refractivity contribution is 6.01. The molecule has 3 rings (SSSR count). The molecular weight excluding hydrogens is 416 g/mol. The van der Waals surface area contributed by atoms with Gasteiger partial charge in [0.25, 0.3) is 0 Å². The van der Waals surface area contributed by atoms with Gasteiger partial charge in [0.1, 0.15) is 11.3 Å². The fourth-order valence-electron chi connectivity index (χ4n) is 3.40. The van der Waals surface area contributed by atoms with Crippen LogP contribution in [0.2, 0.25) is 0 Å². The van der Waals surface area contributed by atoms with E-state index in [0.717, 1.165) is 0 Å². The summed E-state index contributed by atoms with van der Waals surface area (Å²) < 4.78 is 15.7. The van der Waals surface area contributed by atoms with Gasteiger partial charge in [0.05, 0.1) is 25.3 Å². The Bertz CT molecular complexity index is 972. The molecule has 1 aliphatic heterocycles. The summed E-state index contributed by atoms with van der Waals surface area (Å²) in [6.07, 6.45) is -0.336. The third-order valence-corrected chi connectivity index (χ3v) is 4.86. The van der Waals surface area contributed by atoms with Crippen LogP contribution in [0.4, 0.5) is 10.5 Å². The molecule has 10 heteroatoms. The van der Waals surface area contributed by atoms with Crippen LogP contribution in [0.5, 0.6) is 0 Å². The number of aromatic nitrogens is 1. The van der Waals surface area contributed by atoms with Crippen LogP contribution in [0.1, 0.15) is 33.4 Å². The molecule has 2 amide bonds. The lowest BCUT2D eigenvalue weighted by molar-refractivity contribution is -0.142. The number of nitrogens with zero attached hydrogens (tertiary/aromatic N) is 3. The Labute approximate surface area is 186 Å². The van der Waals surface area contributed by atoms with E-state index in [4.69, 9.17) is 14.0 Å². The molecule has 1 aromatic heterocycles. The lowest BCUT2D eigenvalue weighted by Gasteiger charge is -2.35. The molecule has 0 bridgehead atoms. The first-order valence-corrected chi connectivity index (χ1v) is 10.7. The van der Waals surface area contributed by atoms with Crippen LogP contribution in [-0.2, 0) is 25.5 Å². The summed E-state index contributed by atoms with van der Waals surface area (Å²) in [6, 6.07) is 5.27. The molecule has 1 aromatic carbocycles. The zero-order valence-corrected chi connectivity index (χ0v) is 19.0. The van der Waals surface area contributed by atoms with Gasteiger partial charge in [-0.2, -0.15) is 0 Å². The molecular formula is C22H30N4O6. The van der Waals surface area contributed by atoms with E-state index < -0.39 is 5.60 Å². The second-order valence-electron chi connectivity index (χ2n) is 8.59. The molecule has 0 spiro atoms. The molecule has 2 aromatic rings. The second-order valence-corrected chi connectivity index (χ2v) is 8.59. The van der Waals surface area contributed by atoms with Crippen molar-refractivity contribution in [3.05, 3.63) is 23.9 Å². The number of hydrogen-bond acceptors (Lipinski definition) is 8. The van der Waals surface area contributed by atoms with Crippen molar-refractivity contribution in [1.82, 2.24) is 15.0 Å². The number of carbonyl (C=O) groups excluding carboxylic acids is 3. The number of para-hydroxylation sites is 1. The van der Waals surface area contributed by atoms with Crippen molar-refractivity contribution in [3.8, 4) is 0 Å². The topological polar surface area (TPSA) is 114 Å². The van der Waals surface area contributed by atoms with Crippen LogP contribution >= 0.6 is 0 Å². The molecule has 174 valence electrons. The summed E-state index contributed by atoms with van der Waals surface area (Å²) in [4.78, 5) is 40.2. The maximum absolute atomic E-state index is 12.6. The summed E-state index contributed by atoms with van der Waals surface area (Å²) in [6.45, 7) is 9.86. The predicted molar refractivity (Wildman–Crippen MR) is 117 cm³/mol. The molecule has 0 aliphatic carbocycles. The molecule has 10 nitrogen and oxygen atoms in total. The largest absolute Gasteiger partial charge is 0.466 e. The van der Waals surface area contributed by atoms with Crippen molar-refractivity contribution in [3.63, 3.8) is 0 Å². The molecule has 2 heterocycles. The molecule has 1 N–H and O–H groups in total. The molecule has 0 radical (unpaired) electrons. The zero-order valence-electron chi connectivity index (χ0n) is 19.0. The average Bonchev–Trinajstić information content (AvgIpc) is 3.11. The summed E-state index contributed by atoms with van der Waals surface area (Å²) in [7, 11) is 0. The van der Waals surface area contributed by atoms with Gasteiger partial charge in [-0.15, -0.1) is 0 Å². The van der Waals surface area contributed by atoms with Gasteiger partial charge in [0, 0.05) is 31.6 Å². The van der Waals surface area contributed by atoms with E-state index in [-0.39, 0.29) is 30.9 Å². The number of esters is 1. The molecule has 1 saturated heterocycles. The standard InChI is InChI=1S/C22H30N4O6/c1-5-30-19(28)13-17-15-7-6-8-16(20(15)32-24-17)23-18(27)14-25-9-11-26(12-10-25)21(29)31-22(2,3)4/h6-8H,5,9-14H2,1-4H3,(H,23,27). The van der Waals surface area contributed by atoms with Gasteiger partial charge in [-0.1, -0.05) is 11.2 Å². The van der Waals surface area contributed by atoms with Crippen molar-refractivity contribution in [2.24, 2.45) is 0 Å². The molecule has 1 aliphatic rings. The molecule has 0 atom stereocenters. The Kier molecular flexibility index (Phi) is 7.34. The molecule has 1 fully saturated rings. The number of benzene rings is 1. The number of ether oxygens (including phenoxy) is 2. The van der Waals surface area contributed by atoms with Gasteiger partial charge >= 0.3 is 12.1 Å². The van der Waals surface area contributed by atoms with E-state index in [1.54, 1.807) is 30.0 Å². The van der Waals surface area contributed by atoms with E-state index in [2.05, 4.69) is 10.5 Å². The van der Waals surface area contributed by atoms with Gasteiger partial charge in [0.15, 0.2) is 5.58 Å². The van der Waals surface area contributed by atoms with Gasteiger partial charge in [-0.3, -0.25) is 14.5 Å². The Hall–Kier alpha value is -3.14. The monoisotopic (exact) mass is 446 g/mol. The summed E-state index contributed by atoms with van der Waals surface area (Å²) in [5.41, 5.74) is 0.830. The highest BCUT2D eigenvalue weighted by Gasteiger charge is 2.26. The maximum Gasteiger partial charge on any atom is 0.410 e. The minimum atomic E-state index is -0.536. The number of fused-ring (bicyclic) bond motifs is 1. The van der Waals surface area contributed by atoms with Gasteiger partial charge in [0.2, 0.25) is 5.91 Å². The molecule has 32 heavy (non-hydrogen) atoms. The lowest BCUT2D eigenvalue weighted by Crippen LogP contribution is -2.51. The average molecular weight is 447 g/mol. The van der Waals surface area contributed by atoms with Crippen molar-refractivity contribution in [1.29, 1.82) is 0 Å². The number of rotatable bonds is 6. The van der Waals surface area contributed by atoms with Gasteiger partial charge in [-0.25, -0.2) is 4.79 Å². The Balaban J connectivity index is 1.55. The second kappa shape index (κ2) is 9.99. The van der Waals surface area contributed by atoms with Gasteiger partial charge in [-0.05, 0) is 39.8 Å². The number of hydrogen-bond donors (Lipinski definition) is 1. The minimum absolute atomic E-state index is 0.000164. The highest BCUT2D eigenvalue weighted by atomic mass is 16.6. The number of amides is 2. The summed E-state index contributed by atoms with van der Waals surface area (Å²) >= 11 is 0. The number of carbonyl (C=O) groups is 3. The smallest absolute Gasteiger partial charge is 0.410 e. The normalized spacial score (nSPS) is 14.9. The Morgan fingerprint density at radius 2 is 1.88 bits per heavy atom. The van der Waals surface area contributed by atoms with Crippen LogP contribution in [0.15, 0.2) is 22.7 Å². The number of anilines is 1. The van der Waals surface area contributed by atoms with Crippen molar-refractivity contribution in [2.45, 2.75) is 39.7 Å². The van der Waals surface area contributed by atoms with Crippen LogP contribution < -0.4 is 5.32 Å². The van der Waals surface area contributed by atoms with Crippen molar-refractivity contribution >= 4 is 34.6 Å². The quantitative estimate of drug-likeness (QED) is 0.673. The Morgan fingerprint density at radius 3 is 2.53 bits per heavy atom. The first-order valence-electron chi connectivity index (χ1n) is 10.7. The third kappa shape index (κ3) is 6.19. The summed E-state index contributed by atoms with van der Waals surface area (Å²) in [5.74, 6) is -0.589. The predicted octanol–water partition coefficient (Wildman–Crippen LogP) is 2.42. The van der Waals surface area contributed by atoms with Crippen LogP contribution in [-0.4, -0.2) is 77.9 Å². The fraction of sp³-hybridized carbons (Fsp3) is 0.545. The van der Waals surface area contributed by atoms with E-state index in [1.807, 2.05) is 25.7 Å². The minimum Gasteiger partial charge on any atom is -0.466 e. The van der Waals surface area contributed by atoms with E-state index >= 15 is 0 Å². The molecule has 0 unspecified atom stereocenters. The zero-order chi connectivity index (χ0) is 23.3. The van der Waals surface area contributed by atoms with E-state index in [0.29, 0.717) is 55.1 Å². The lowest BCUT2D eigenvalue weighted by atomic mass is 10.1. The first kappa shape index (κ1) is 23.5. The maximum atomic E-state index is 12.6. The number of piperazine rings is 1. The van der Waals surface area contributed by atoms with Crippen molar-refractivity contribution in [2.75, 3.05) is 44.6 Å². The Morgan fingerprint density at radius 1 is 1.16 bits per heavy atom. The first-order chi connectivity index (χ1) is 15.2. The van der Waals surface area contributed by atoms with Crippen molar-refractivity contribution < 1.29 is 28.4 Å². The molecule has 0 saturated carbocycles. The fourth-order valence-corrected chi connectivity index (χ4v) is 3.40. The van der Waals surface area contributed by atoms with Gasteiger partial charge < -0.3 is 24.2 Å². The summed E-state index contributed by atoms with van der Waals surface area (Å²) in [5, 5.41) is 7.47. The van der Waals surface area contributed by atoms with Crippen LogP contribution in [0.3, 0.4) is 0 Å². The third-order valence-electron chi connectivity index (χ3n) is 4.86. The van der Waals surface area contributed by atoms with Crippen LogP contribution in [0, 0.1) is 0 Å². The van der Waals surface area contributed by atoms with Crippen LogP contribution in [0.25, 0.3) is 11.0 Å². The SMILES string of the molecule is CCOC(=O)Cc1noc2c(NC(=O)CN3CCN(C(=O)OC(C)(C)C)CC3)cccc12. The van der Waals surface area contributed by atoms with E-state index in [9.17, 15) is 14.4 Å².